The van der Waals surface area contributed by atoms with Crippen LogP contribution in [-0.4, -0.2) is 121 Å². The van der Waals surface area contributed by atoms with E-state index in [0.29, 0.717) is 17.8 Å². The molecule has 366 valence electrons. The second kappa shape index (κ2) is 26.5. The average Bonchev–Trinajstić information content (AvgIpc) is 3.67. The minimum absolute atomic E-state index is 0.00999. The number of aliphatic carboxylic acids is 2. The fraction of sp³-hybridized carbons (Fsp3) is 0.489. The first-order valence-electron chi connectivity index (χ1n) is 21.8. The van der Waals surface area contributed by atoms with Crippen molar-refractivity contribution >= 4 is 58.8 Å². The van der Waals surface area contributed by atoms with Crippen LogP contribution in [0.2, 0.25) is 0 Å². The van der Waals surface area contributed by atoms with E-state index in [0.717, 1.165) is 35.5 Å². The van der Waals surface area contributed by atoms with Crippen molar-refractivity contribution in [1.29, 1.82) is 0 Å². The number of nitrogens with one attached hydrogen (secondary N) is 2. The predicted octanol–water partition coefficient (Wildman–Crippen LogP) is 3.76. The van der Waals surface area contributed by atoms with Crippen LogP contribution < -0.4 is 22.1 Å². The number of carbonyl (C=O) groups is 8. The second-order valence-corrected chi connectivity index (χ2v) is 18.6. The molecule has 9 N–H and O–H groups in total. The number of nitrogens with two attached hydrogens (primary N) is 2. The maximum atomic E-state index is 15.1. The Hall–Kier alpha value is -5.83. The van der Waals surface area contributed by atoms with E-state index in [9.17, 15) is 58.1 Å². The van der Waals surface area contributed by atoms with Crippen molar-refractivity contribution in [2.75, 3.05) is 25.4 Å². The van der Waals surface area contributed by atoms with Gasteiger partial charge in [-0.1, -0.05) is 51.1 Å². The van der Waals surface area contributed by atoms with Gasteiger partial charge in [-0.15, -0.1) is 11.8 Å². The third-order valence-electron chi connectivity index (χ3n) is 10.8. The topological polar surface area (TPSA) is 282 Å². The molecule has 0 unspecified atom stereocenters. The monoisotopic (exact) mass is 956 g/mol. The maximum absolute atomic E-state index is 15.1. The number of ketones is 3. The van der Waals surface area contributed by atoms with E-state index in [1.54, 1.807) is 12.3 Å². The van der Waals surface area contributed by atoms with E-state index in [2.05, 4.69) is 10.6 Å². The van der Waals surface area contributed by atoms with Gasteiger partial charge >= 0.3 is 11.9 Å². The number of hydrogen-bond donors (Lipinski definition) is 7. The summed E-state index contributed by atoms with van der Waals surface area (Å²) in [7, 11) is 0. The second-order valence-electron chi connectivity index (χ2n) is 17.3. The van der Waals surface area contributed by atoms with Crippen molar-refractivity contribution in [3.8, 4) is 11.1 Å². The predicted molar refractivity (Wildman–Crippen MR) is 246 cm³/mol. The van der Waals surface area contributed by atoms with Gasteiger partial charge in [-0.05, 0) is 61.4 Å². The van der Waals surface area contributed by atoms with Crippen molar-refractivity contribution in [3.05, 3.63) is 83.7 Å². The summed E-state index contributed by atoms with van der Waals surface area (Å²) in [6.45, 7) is 6.18. The Morgan fingerprint density at radius 2 is 1.54 bits per heavy atom. The fourth-order valence-electron chi connectivity index (χ4n) is 7.30. The lowest BCUT2D eigenvalue weighted by atomic mass is 9.82. The number of hydrogen-bond acceptors (Lipinski definition) is 12. The van der Waals surface area contributed by atoms with Gasteiger partial charge in [0.15, 0.2) is 5.78 Å². The summed E-state index contributed by atoms with van der Waals surface area (Å²) in [5.74, 6) is -7.28. The van der Waals surface area contributed by atoms with Gasteiger partial charge in [0.1, 0.15) is 29.8 Å². The van der Waals surface area contributed by atoms with E-state index >= 15 is 4.39 Å². The van der Waals surface area contributed by atoms with Crippen molar-refractivity contribution in [2.24, 2.45) is 16.9 Å². The summed E-state index contributed by atoms with van der Waals surface area (Å²) < 4.78 is 31.3. The molecule has 5 atom stereocenters. The first-order valence-corrected chi connectivity index (χ1v) is 22.9. The Bertz CT molecular complexity index is 2220. The molecule has 67 heavy (non-hydrogen) atoms. The first kappa shape index (κ1) is 55.5. The Labute approximate surface area is 392 Å². The van der Waals surface area contributed by atoms with Crippen LogP contribution in [0.15, 0.2) is 60.8 Å². The van der Waals surface area contributed by atoms with Gasteiger partial charge < -0.3 is 46.9 Å². The number of aromatic nitrogens is 1. The van der Waals surface area contributed by atoms with Gasteiger partial charge in [0.05, 0.1) is 35.8 Å². The lowest BCUT2D eigenvalue weighted by Gasteiger charge is -2.41. The molecule has 20 heteroatoms. The van der Waals surface area contributed by atoms with Crippen LogP contribution in [0.5, 0.6) is 0 Å². The number of halogens is 2. The largest absolute Gasteiger partial charge is 0.481 e. The van der Waals surface area contributed by atoms with E-state index in [4.69, 9.17) is 11.5 Å². The third kappa shape index (κ3) is 18.1. The number of aliphatic hydroxyl groups is 1. The van der Waals surface area contributed by atoms with Crippen molar-refractivity contribution in [1.82, 2.24) is 20.1 Å². The molecule has 0 aliphatic carbocycles. The highest BCUT2D eigenvalue weighted by atomic mass is 32.2. The van der Waals surface area contributed by atoms with E-state index in [-0.39, 0.29) is 62.3 Å². The van der Waals surface area contributed by atoms with Gasteiger partial charge in [0.25, 0.3) is 0 Å². The summed E-state index contributed by atoms with van der Waals surface area (Å²) in [6, 6.07) is 10.1. The van der Waals surface area contributed by atoms with Gasteiger partial charge in [0, 0.05) is 74.1 Å². The number of nitrogens with zero attached hydrogens (tertiary/aromatic N) is 2. The number of benzene rings is 2. The molecule has 0 fully saturated rings. The molecule has 0 saturated heterocycles. The van der Waals surface area contributed by atoms with Crippen LogP contribution in [0.1, 0.15) is 96.4 Å². The molecule has 1 heterocycles. The molecule has 17 nitrogen and oxygen atoms in total. The van der Waals surface area contributed by atoms with Crippen LogP contribution >= 0.6 is 11.8 Å². The van der Waals surface area contributed by atoms with Gasteiger partial charge in [-0.2, -0.15) is 0 Å². The molecule has 3 rings (SSSR count). The Morgan fingerprint density at radius 1 is 0.851 bits per heavy atom. The normalized spacial score (nSPS) is 13.7. The van der Waals surface area contributed by atoms with Crippen LogP contribution in [0, 0.1) is 17.0 Å². The lowest BCUT2D eigenvalue weighted by Crippen LogP contribution is -2.47. The molecular weight excluding hydrogens is 895 g/mol. The van der Waals surface area contributed by atoms with Crippen LogP contribution in [0.3, 0.4) is 0 Å². The molecule has 1 aromatic heterocycles. The van der Waals surface area contributed by atoms with Gasteiger partial charge in [-0.25, -0.2) is 8.78 Å². The molecule has 3 amide bonds. The number of carboxylic acids is 2. The Balaban J connectivity index is 1.67. The van der Waals surface area contributed by atoms with Gasteiger partial charge in [0.2, 0.25) is 17.7 Å². The summed E-state index contributed by atoms with van der Waals surface area (Å²) in [5, 5.41) is 32.7. The minimum atomic E-state index is -1.27. The molecule has 0 bridgehead atoms. The number of carboxylic acid groups (broad SMARTS) is 2. The summed E-state index contributed by atoms with van der Waals surface area (Å²) >= 11 is 0.890. The van der Waals surface area contributed by atoms with Crippen LogP contribution in [0.25, 0.3) is 11.1 Å². The van der Waals surface area contributed by atoms with E-state index < -0.39 is 114 Å². The SMILES string of the molecule is CC(=O)[C@@H](N)CS[C@@H](CC(=O)O)C(=O)CCC(=O)N[C@H](CCC(=O)O)C(=O)CCCNC(=O)[C@@H](N)CCN(C(=O)CO)[C@@H](c1cc(-c2cc(F)ccc2F)cn1Cc1ccccc1)C(C)(C)C. The summed E-state index contributed by atoms with van der Waals surface area (Å²) in [5.41, 5.74) is 13.1. The lowest BCUT2D eigenvalue weighted by molar-refractivity contribution is -0.140. The zero-order valence-electron chi connectivity index (χ0n) is 38.2. The minimum Gasteiger partial charge on any atom is -0.481 e. The highest BCUT2D eigenvalue weighted by molar-refractivity contribution is 8.00. The zero-order valence-corrected chi connectivity index (χ0v) is 39.0. The zero-order chi connectivity index (χ0) is 50.0. The number of carbonyl (C=O) groups excluding carboxylic acids is 6. The Kier molecular flexibility index (Phi) is 21.9. The molecule has 0 aliphatic rings. The fourth-order valence-corrected chi connectivity index (χ4v) is 8.53. The van der Waals surface area contributed by atoms with Crippen molar-refractivity contribution in [2.45, 2.75) is 115 Å². The number of thioether (sulfide) groups is 1. The van der Waals surface area contributed by atoms with E-state index in [1.807, 2.05) is 55.7 Å². The molecule has 0 aliphatic heterocycles. The summed E-state index contributed by atoms with van der Waals surface area (Å²) in [4.78, 5) is 101. The molecule has 0 spiro atoms. The summed E-state index contributed by atoms with van der Waals surface area (Å²) in [6.07, 6.45) is -0.614. The molecule has 3 aromatic rings. The number of rotatable bonds is 29. The number of Topliss-reactive ketones (excluding diaryl/α,β-unsaturated/α-hetero) is 3. The van der Waals surface area contributed by atoms with Crippen LogP contribution in [-0.2, 0) is 44.9 Å². The smallest absolute Gasteiger partial charge is 0.304 e. The van der Waals surface area contributed by atoms with Crippen molar-refractivity contribution in [3.63, 3.8) is 0 Å². The third-order valence-corrected chi connectivity index (χ3v) is 12.2. The molecular formula is C47H62F2N6O11S. The molecule has 0 radical (unpaired) electrons. The quantitative estimate of drug-likeness (QED) is 0.0488. The number of amides is 3. The maximum Gasteiger partial charge on any atom is 0.304 e. The molecule has 0 saturated carbocycles. The van der Waals surface area contributed by atoms with Crippen molar-refractivity contribution < 1.29 is 62.5 Å². The average molecular weight is 957 g/mol. The standard InChI is InChI=1S/C47H62F2N6O11S/c1-28(57)35(51)27-67-40(23-44(64)65)39(59)15-16-41(60)53-36(14-17-43(62)63)38(58)11-8-19-52-46(66)34(50)18-20-55(42(61)26-56)45(47(2,3)4)37-21-30(32-22-31(48)12-13-33(32)49)25-54(37)24-29-9-6-5-7-10-29/h5-7,9-10,12-13,21-22,25,34-36,40,45,56H,8,11,14-20,23-24,26-27,50-51H2,1-4H3,(H,52,66)(H,53,60)(H,62,63)(H,64,65)/t34-,35-,36+,40-,45-/m0/s1. The van der Waals surface area contributed by atoms with Gasteiger partial charge in [-0.3, -0.25) is 38.4 Å². The van der Waals surface area contributed by atoms with E-state index in [1.165, 1.54) is 11.8 Å². The number of aliphatic hydroxyl groups excluding tert-OH is 1. The van der Waals surface area contributed by atoms with Crippen LogP contribution in [0.4, 0.5) is 8.78 Å². The Morgan fingerprint density at radius 3 is 2.15 bits per heavy atom. The highest BCUT2D eigenvalue weighted by Crippen LogP contribution is 2.41. The first-order chi connectivity index (χ1) is 31.5. The molecule has 2 aromatic carbocycles. The highest BCUT2D eigenvalue weighted by Gasteiger charge is 2.37.